The summed E-state index contributed by atoms with van der Waals surface area (Å²) < 4.78 is 16.6. The largest absolute Gasteiger partial charge is 0.483 e. The van der Waals surface area contributed by atoms with Crippen molar-refractivity contribution in [3.05, 3.63) is 89.0 Å². The van der Waals surface area contributed by atoms with E-state index in [0.717, 1.165) is 16.7 Å². The predicted molar refractivity (Wildman–Crippen MR) is 131 cm³/mol. The Balaban J connectivity index is 1.49. The summed E-state index contributed by atoms with van der Waals surface area (Å²) in [5.41, 5.74) is 2.97. The van der Waals surface area contributed by atoms with Crippen molar-refractivity contribution in [3.8, 4) is 17.2 Å². The van der Waals surface area contributed by atoms with Gasteiger partial charge in [-0.1, -0.05) is 56.3 Å². The number of carboxylic acids is 1. The van der Waals surface area contributed by atoms with Gasteiger partial charge in [-0.25, -0.2) is 4.79 Å². The van der Waals surface area contributed by atoms with Crippen LogP contribution in [-0.2, 0) is 17.8 Å². The summed E-state index contributed by atoms with van der Waals surface area (Å²) in [6, 6.07) is 20.6. The molecule has 0 spiro atoms. The number of hydrogen-bond donors (Lipinski definition) is 1. The number of hydrogen-bond acceptors (Lipinski definition) is 5. The number of benzene rings is 3. The average Bonchev–Trinajstić information content (AvgIpc) is 3.33. The lowest BCUT2D eigenvalue weighted by molar-refractivity contribution is -0.134. The van der Waals surface area contributed by atoms with Crippen LogP contribution >= 0.6 is 0 Å². The van der Waals surface area contributed by atoms with E-state index in [2.05, 4.69) is 0 Å². The minimum Gasteiger partial charge on any atom is -0.483 e. The molecule has 1 N–H and O–H groups in total. The first-order chi connectivity index (χ1) is 16.9. The molecule has 3 aromatic carbocycles. The van der Waals surface area contributed by atoms with Gasteiger partial charge in [0.2, 0.25) is 6.79 Å². The molecule has 7 heteroatoms. The number of rotatable bonds is 10. The van der Waals surface area contributed by atoms with Crippen molar-refractivity contribution < 1.29 is 28.9 Å². The number of carbonyl (C=O) groups excluding carboxylic acids is 1. The number of amides is 1. The summed E-state index contributed by atoms with van der Waals surface area (Å²) in [4.78, 5) is 26.7. The summed E-state index contributed by atoms with van der Waals surface area (Å²) >= 11 is 0. The lowest BCUT2D eigenvalue weighted by Crippen LogP contribution is -2.36. The van der Waals surface area contributed by atoms with E-state index in [-0.39, 0.29) is 36.5 Å². The van der Waals surface area contributed by atoms with Crippen LogP contribution in [0.25, 0.3) is 0 Å². The first-order valence-corrected chi connectivity index (χ1v) is 11.6. The second-order valence-electron chi connectivity index (χ2n) is 8.74. The number of carbonyl (C=O) groups is 2. The Labute approximate surface area is 204 Å². The molecule has 35 heavy (non-hydrogen) atoms. The van der Waals surface area contributed by atoms with Crippen molar-refractivity contribution in [2.45, 2.75) is 32.7 Å². The Morgan fingerprint density at radius 2 is 1.74 bits per heavy atom. The second-order valence-corrected chi connectivity index (χ2v) is 8.74. The van der Waals surface area contributed by atoms with Crippen molar-refractivity contribution in [3.63, 3.8) is 0 Å². The lowest BCUT2D eigenvalue weighted by Gasteiger charge is -2.23. The molecule has 0 aliphatic carbocycles. The van der Waals surface area contributed by atoms with E-state index >= 15 is 0 Å². The van der Waals surface area contributed by atoms with Gasteiger partial charge in [-0.3, -0.25) is 4.79 Å². The van der Waals surface area contributed by atoms with Crippen LogP contribution in [0.4, 0.5) is 0 Å². The van der Waals surface area contributed by atoms with Gasteiger partial charge in [0, 0.05) is 13.1 Å². The molecule has 0 saturated carbocycles. The van der Waals surface area contributed by atoms with Crippen LogP contribution in [0.3, 0.4) is 0 Å². The van der Waals surface area contributed by atoms with Gasteiger partial charge in [0.1, 0.15) is 11.3 Å². The summed E-state index contributed by atoms with van der Waals surface area (Å²) in [6.07, 6.45) is 0.681. The Kier molecular flexibility index (Phi) is 7.55. The van der Waals surface area contributed by atoms with E-state index in [1.54, 1.807) is 17.0 Å². The third-order valence-corrected chi connectivity index (χ3v) is 5.93. The Morgan fingerprint density at radius 1 is 0.971 bits per heavy atom. The van der Waals surface area contributed by atoms with E-state index in [1.165, 1.54) is 0 Å². The fourth-order valence-corrected chi connectivity index (χ4v) is 3.89. The summed E-state index contributed by atoms with van der Waals surface area (Å²) in [5, 5.41) is 9.63. The number of aromatic carboxylic acids is 1. The molecule has 4 rings (SSSR count). The van der Waals surface area contributed by atoms with Crippen LogP contribution in [0.2, 0.25) is 0 Å². The highest BCUT2D eigenvalue weighted by Crippen LogP contribution is 2.33. The van der Waals surface area contributed by atoms with Crippen LogP contribution in [-0.4, -0.2) is 41.8 Å². The molecule has 3 aromatic rings. The number of ether oxygens (including phenoxy) is 3. The minimum absolute atomic E-state index is 0.0515. The van der Waals surface area contributed by atoms with Gasteiger partial charge < -0.3 is 24.2 Å². The zero-order chi connectivity index (χ0) is 24.8. The number of carboxylic acid groups (broad SMARTS) is 1. The van der Waals surface area contributed by atoms with Gasteiger partial charge in [0.25, 0.3) is 5.91 Å². The molecule has 0 bridgehead atoms. The van der Waals surface area contributed by atoms with E-state index in [9.17, 15) is 14.7 Å². The fourth-order valence-electron chi connectivity index (χ4n) is 3.89. The summed E-state index contributed by atoms with van der Waals surface area (Å²) in [5.74, 6) is 0.384. The average molecular weight is 476 g/mol. The van der Waals surface area contributed by atoms with Gasteiger partial charge in [-0.2, -0.15) is 0 Å². The minimum atomic E-state index is -1.09. The van der Waals surface area contributed by atoms with Crippen LogP contribution in [0.5, 0.6) is 17.2 Å². The Hall–Kier alpha value is -4.00. The predicted octanol–water partition coefficient (Wildman–Crippen LogP) is 4.89. The van der Waals surface area contributed by atoms with Crippen molar-refractivity contribution >= 4 is 11.9 Å². The van der Waals surface area contributed by atoms with Gasteiger partial charge in [0.15, 0.2) is 18.1 Å². The summed E-state index contributed by atoms with van der Waals surface area (Å²) in [6.45, 7) is 4.76. The molecule has 1 heterocycles. The monoisotopic (exact) mass is 475 g/mol. The van der Waals surface area contributed by atoms with Gasteiger partial charge in [-0.15, -0.1) is 0 Å². The normalized spacial score (nSPS) is 12.0. The van der Waals surface area contributed by atoms with Crippen molar-refractivity contribution in [2.75, 3.05) is 19.9 Å². The van der Waals surface area contributed by atoms with Crippen LogP contribution in [0, 0.1) is 0 Å². The highest BCUT2D eigenvalue weighted by Gasteiger charge is 2.20. The number of nitrogens with zero attached hydrogens (tertiary/aromatic N) is 1. The topological polar surface area (TPSA) is 85.3 Å². The molecule has 1 aliphatic heterocycles. The molecule has 0 saturated heterocycles. The molecule has 1 aliphatic rings. The second kappa shape index (κ2) is 11.0. The maximum atomic E-state index is 13.2. The molecule has 0 radical (unpaired) electrons. The summed E-state index contributed by atoms with van der Waals surface area (Å²) in [7, 11) is 0. The van der Waals surface area contributed by atoms with E-state index in [4.69, 9.17) is 14.2 Å². The molecule has 1 amide bonds. The molecule has 7 nitrogen and oxygen atoms in total. The third kappa shape index (κ3) is 6.12. The Morgan fingerprint density at radius 3 is 2.49 bits per heavy atom. The first-order valence-electron chi connectivity index (χ1n) is 11.6. The van der Waals surface area contributed by atoms with Gasteiger partial charge >= 0.3 is 5.97 Å². The lowest BCUT2D eigenvalue weighted by atomic mass is 10.0. The van der Waals surface area contributed by atoms with Crippen LogP contribution in [0.1, 0.15) is 46.8 Å². The zero-order valence-corrected chi connectivity index (χ0v) is 19.9. The van der Waals surface area contributed by atoms with Crippen LogP contribution in [0.15, 0.2) is 66.7 Å². The van der Waals surface area contributed by atoms with E-state index < -0.39 is 5.97 Å². The van der Waals surface area contributed by atoms with Crippen molar-refractivity contribution in [1.29, 1.82) is 0 Å². The molecular weight excluding hydrogens is 446 g/mol. The third-order valence-electron chi connectivity index (χ3n) is 5.93. The maximum Gasteiger partial charge on any atom is 0.339 e. The molecule has 0 fully saturated rings. The first kappa shape index (κ1) is 24.1. The Bertz CT molecular complexity index is 1190. The highest BCUT2D eigenvalue weighted by molar-refractivity contribution is 5.91. The van der Waals surface area contributed by atoms with E-state index in [0.29, 0.717) is 31.0 Å². The van der Waals surface area contributed by atoms with Crippen molar-refractivity contribution in [2.24, 2.45) is 0 Å². The van der Waals surface area contributed by atoms with Crippen molar-refractivity contribution in [1.82, 2.24) is 4.90 Å². The SMILES string of the molecule is CC(C)c1ccc(OCC(=O)N(CCc2ccccc2)Cc2ccc3c(c2)OCO3)c(C(=O)O)c1. The quantitative estimate of drug-likeness (QED) is 0.450. The maximum absolute atomic E-state index is 13.2. The molecular formula is C28H29NO6. The highest BCUT2D eigenvalue weighted by atomic mass is 16.7. The van der Waals surface area contributed by atoms with E-state index in [1.807, 2.05) is 68.4 Å². The standard InChI is InChI=1S/C28H29NO6/c1-19(2)22-9-11-24(23(15-22)28(31)32)33-17-27(30)29(13-12-20-6-4-3-5-7-20)16-21-8-10-25-26(14-21)35-18-34-25/h3-11,14-15,19H,12-13,16-18H2,1-2H3,(H,31,32). The van der Waals surface area contributed by atoms with Gasteiger partial charge in [-0.05, 0) is 53.3 Å². The molecule has 182 valence electrons. The molecule has 0 unspecified atom stereocenters. The number of fused-ring (bicyclic) bond motifs is 1. The fraction of sp³-hybridized carbons (Fsp3) is 0.286. The zero-order valence-electron chi connectivity index (χ0n) is 19.9. The smallest absolute Gasteiger partial charge is 0.339 e. The van der Waals surface area contributed by atoms with Crippen LogP contribution < -0.4 is 14.2 Å². The molecule has 0 aromatic heterocycles. The van der Waals surface area contributed by atoms with Gasteiger partial charge in [0.05, 0.1) is 0 Å². The molecule has 0 atom stereocenters.